The van der Waals surface area contributed by atoms with E-state index in [0.717, 1.165) is 25.7 Å². The second-order valence-electron chi connectivity index (χ2n) is 8.99. The van der Waals surface area contributed by atoms with Crippen LogP contribution in [0.5, 0.6) is 0 Å². The van der Waals surface area contributed by atoms with Gasteiger partial charge in [0.2, 0.25) is 0 Å². The van der Waals surface area contributed by atoms with E-state index >= 15 is 0 Å². The summed E-state index contributed by atoms with van der Waals surface area (Å²) in [5.41, 5.74) is 12.6. The van der Waals surface area contributed by atoms with Crippen LogP contribution >= 0.6 is 44.1 Å². The van der Waals surface area contributed by atoms with Gasteiger partial charge in [-0.05, 0) is 61.3 Å². The summed E-state index contributed by atoms with van der Waals surface area (Å²) in [5, 5.41) is 0. The molecule has 4 aliphatic carbocycles. The van der Waals surface area contributed by atoms with E-state index in [2.05, 4.69) is 56.3 Å². The number of benzene rings is 2. The van der Waals surface area contributed by atoms with Gasteiger partial charge in [-0.15, -0.1) is 0 Å². The summed E-state index contributed by atoms with van der Waals surface area (Å²) in [7, 11) is 25.2. The summed E-state index contributed by atoms with van der Waals surface area (Å²) in [5.74, 6) is 0. The number of halogens is 6. The van der Waals surface area contributed by atoms with Gasteiger partial charge in [0.25, 0.3) is 0 Å². The summed E-state index contributed by atoms with van der Waals surface area (Å²) >= 11 is -4.33. The van der Waals surface area contributed by atoms with Crippen LogP contribution in [0.25, 0.3) is 11.1 Å². The molecule has 0 unspecified atom stereocenters. The molecule has 4 bridgehead atoms. The number of rotatable bonds is 7. The van der Waals surface area contributed by atoms with Crippen molar-refractivity contribution in [1.82, 2.24) is 0 Å². The molecule has 0 N–H and O–H groups in total. The molecule has 0 radical (unpaired) electrons. The van der Waals surface area contributed by atoms with Gasteiger partial charge in [-0.25, -0.2) is 0 Å². The predicted octanol–water partition coefficient (Wildman–Crippen LogP) is 7.15. The van der Waals surface area contributed by atoms with Gasteiger partial charge in [-0.3, -0.25) is 0 Å². The van der Waals surface area contributed by atoms with Crippen LogP contribution in [0.1, 0.15) is 72.9 Å². The molecule has 0 fully saturated rings. The SMILES string of the molecule is CCCCc1c(-c2cc3ccc2CCc2ccc(cc2)CC3)[c+]1CCCC.[Cl-].[Cl][Sb]([Cl])([Cl])([Cl])[Cl]. The predicted molar refractivity (Wildman–Crippen MR) is 152 cm³/mol. The fourth-order valence-corrected chi connectivity index (χ4v) is 4.52. The quantitative estimate of drug-likeness (QED) is 0.183. The van der Waals surface area contributed by atoms with E-state index in [4.69, 9.17) is 44.1 Å². The topological polar surface area (TPSA) is 0 Å². The molecule has 0 saturated carbocycles. The number of hydrogen-bond donors (Lipinski definition) is 0. The van der Waals surface area contributed by atoms with Crippen LogP contribution in [-0.4, -0.2) is 11.7 Å². The van der Waals surface area contributed by atoms with Gasteiger partial charge in [0, 0.05) is 24.5 Å². The average Bonchev–Trinajstić information content (AvgIpc) is 3.43. The molecule has 34 heavy (non-hydrogen) atoms. The van der Waals surface area contributed by atoms with Crippen molar-refractivity contribution in [2.45, 2.75) is 78.1 Å². The van der Waals surface area contributed by atoms with Gasteiger partial charge in [0.15, 0.2) is 5.56 Å². The maximum atomic E-state index is 5.05. The number of unbranched alkanes of at least 4 members (excludes halogenated alkanes) is 2. The Bertz CT molecular complexity index is 977. The molecular formula is C27H33Cl6Sb. The Morgan fingerprint density at radius 1 is 0.735 bits per heavy atom. The molecule has 3 aromatic rings. The van der Waals surface area contributed by atoms with Crippen LogP contribution in [0.15, 0.2) is 42.5 Å². The molecule has 0 spiro atoms. The van der Waals surface area contributed by atoms with E-state index < -0.39 is 11.7 Å². The minimum absolute atomic E-state index is 0. The molecule has 0 atom stereocenters. The summed E-state index contributed by atoms with van der Waals surface area (Å²) in [6.07, 6.45) is 12.4. The molecule has 0 nitrogen and oxygen atoms in total. The number of aryl methyl sites for hydroxylation is 4. The Morgan fingerprint density at radius 3 is 1.79 bits per heavy atom. The first-order chi connectivity index (χ1) is 15.5. The zero-order valence-corrected chi connectivity index (χ0v) is 26.9. The minimum atomic E-state index is -4.33. The van der Waals surface area contributed by atoms with E-state index in [1.807, 2.05) is 0 Å². The first kappa shape index (κ1) is 30.8. The van der Waals surface area contributed by atoms with Crippen LogP contribution in [0.2, 0.25) is 0 Å². The van der Waals surface area contributed by atoms with Gasteiger partial charge in [-0.2, -0.15) is 0 Å². The standard InChI is InChI=1S/C27H33.6ClH.Sb/c1-3-5-7-24-25(8-6-4-2)27(24)26-19-22-14-13-20-9-11-21(12-10-20)15-17-23(26)18-16-22;;;;;;;/h9-12,16,18-19H,3-8,13-15,17H2,1-2H3;6*1H;/q+1;;;;;;;+5/p-6. The van der Waals surface area contributed by atoms with Gasteiger partial charge in [0.05, 0.1) is 0 Å². The van der Waals surface area contributed by atoms with Crippen molar-refractivity contribution in [3.8, 4) is 11.1 Å². The van der Waals surface area contributed by atoms with E-state index in [9.17, 15) is 0 Å². The van der Waals surface area contributed by atoms with Crippen LogP contribution in [0, 0.1) is 0 Å². The van der Waals surface area contributed by atoms with E-state index in [1.165, 1.54) is 55.2 Å². The summed E-state index contributed by atoms with van der Waals surface area (Å²) in [6, 6.07) is 16.7. The molecule has 0 amide bonds. The molecule has 7 heteroatoms. The molecule has 0 saturated heterocycles. The summed E-state index contributed by atoms with van der Waals surface area (Å²) < 4.78 is 0. The van der Waals surface area contributed by atoms with Gasteiger partial charge in [-0.1, -0.05) is 57.0 Å². The Labute approximate surface area is 231 Å². The van der Waals surface area contributed by atoms with E-state index in [0.29, 0.717) is 0 Å². The summed E-state index contributed by atoms with van der Waals surface area (Å²) in [6.45, 7) is 4.62. The van der Waals surface area contributed by atoms with Crippen molar-refractivity contribution >= 4 is 55.8 Å². The Morgan fingerprint density at radius 2 is 1.24 bits per heavy atom. The summed E-state index contributed by atoms with van der Waals surface area (Å²) in [4.78, 5) is 0. The third-order valence-corrected chi connectivity index (χ3v) is 6.32. The van der Waals surface area contributed by atoms with Gasteiger partial charge < -0.3 is 12.4 Å². The average molecular weight is 692 g/mol. The third kappa shape index (κ3) is 10.5. The second kappa shape index (κ2) is 13.4. The second-order valence-corrected chi connectivity index (χ2v) is 46.9. The van der Waals surface area contributed by atoms with Crippen molar-refractivity contribution in [2.24, 2.45) is 0 Å². The molecule has 7 rings (SSSR count). The molecule has 188 valence electrons. The Hall–Kier alpha value is 0.608. The van der Waals surface area contributed by atoms with Crippen molar-refractivity contribution < 1.29 is 12.4 Å². The van der Waals surface area contributed by atoms with Crippen LogP contribution in [0.3, 0.4) is 0 Å². The molecule has 3 aromatic carbocycles. The van der Waals surface area contributed by atoms with Gasteiger partial charge >= 0.3 is 55.8 Å². The first-order valence-electron chi connectivity index (χ1n) is 11.9. The Kier molecular flexibility index (Phi) is 12.2. The fourth-order valence-electron chi connectivity index (χ4n) is 4.52. The van der Waals surface area contributed by atoms with E-state index in [1.54, 1.807) is 27.8 Å². The van der Waals surface area contributed by atoms with Crippen LogP contribution < -0.4 is 12.4 Å². The molecular weight excluding hydrogens is 659 g/mol. The maximum absolute atomic E-state index is 5.05. The van der Waals surface area contributed by atoms with Crippen molar-refractivity contribution in [2.75, 3.05) is 0 Å². The van der Waals surface area contributed by atoms with Gasteiger partial charge in [0.1, 0.15) is 16.7 Å². The third-order valence-electron chi connectivity index (χ3n) is 6.32. The zero-order chi connectivity index (χ0) is 24.1. The first-order valence-corrected chi connectivity index (χ1v) is 28.1. The van der Waals surface area contributed by atoms with Crippen LogP contribution in [-0.2, 0) is 38.5 Å². The normalized spacial score (nSPS) is 14.4. The van der Waals surface area contributed by atoms with Crippen LogP contribution in [0.4, 0.5) is 0 Å². The molecule has 4 aliphatic rings. The van der Waals surface area contributed by atoms with Crippen molar-refractivity contribution in [1.29, 1.82) is 0 Å². The zero-order valence-electron chi connectivity index (χ0n) is 19.8. The fraction of sp³-hybridized carbons (Fsp3) is 0.444. The van der Waals surface area contributed by atoms with Crippen molar-refractivity contribution in [3.63, 3.8) is 0 Å². The van der Waals surface area contributed by atoms with Crippen molar-refractivity contribution in [3.05, 3.63) is 75.8 Å². The van der Waals surface area contributed by atoms with E-state index in [-0.39, 0.29) is 12.4 Å². The number of hydrogen-bond acceptors (Lipinski definition) is 0. The molecule has 0 aromatic heterocycles. The monoisotopic (exact) mass is 688 g/mol. The Balaban J connectivity index is 0.000000521. The molecule has 0 aliphatic heterocycles. The molecule has 0 heterocycles.